The third kappa shape index (κ3) is 3.87. The molecule has 0 saturated carbocycles. The van der Waals surface area contributed by atoms with E-state index in [1.54, 1.807) is 12.1 Å². The molecule has 0 radical (unpaired) electrons. The molecule has 1 heterocycles. The van der Waals surface area contributed by atoms with Gasteiger partial charge in [-0.1, -0.05) is 0 Å². The summed E-state index contributed by atoms with van der Waals surface area (Å²) in [6, 6.07) is 7.30. The van der Waals surface area contributed by atoms with Gasteiger partial charge in [-0.3, -0.25) is 4.90 Å². The van der Waals surface area contributed by atoms with Crippen molar-refractivity contribution >= 4 is 21.6 Å². The van der Waals surface area contributed by atoms with Crippen molar-refractivity contribution in [3.63, 3.8) is 0 Å². The first-order valence-electron chi connectivity index (χ1n) is 6.13. The van der Waals surface area contributed by atoms with Crippen LogP contribution < -0.4 is 4.90 Å². The summed E-state index contributed by atoms with van der Waals surface area (Å²) in [5.74, 6) is 0. The van der Waals surface area contributed by atoms with Crippen LogP contribution in [0.4, 0.5) is 18.9 Å². The standard InChI is InChI=1S/C13H13BrF3N3/c14-11-7-10(8-18)1-2-12(11)20-5-3-19(4-6-20)9-13(15,16)17/h1-2,7H,3-6,9H2. The fourth-order valence-electron chi connectivity index (χ4n) is 2.23. The van der Waals surface area contributed by atoms with Crippen molar-refractivity contribution in [1.82, 2.24) is 4.90 Å². The van der Waals surface area contributed by atoms with Crippen molar-refractivity contribution in [2.45, 2.75) is 6.18 Å². The van der Waals surface area contributed by atoms with Crippen molar-refractivity contribution in [3.05, 3.63) is 28.2 Å². The summed E-state index contributed by atoms with van der Waals surface area (Å²) in [6.07, 6.45) is -4.14. The molecule has 0 amide bonds. The van der Waals surface area contributed by atoms with Crippen LogP contribution in [0, 0.1) is 11.3 Å². The maximum Gasteiger partial charge on any atom is 0.401 e. The predicted octanol–water partition coefficient (Wildman–Crippen LogP) is 3.01. The topological polar surface area (TPSA) is 30.3 Å². The van der Waals surface area contributed by atoms with Crippen LogP contribution in [-0.2, 0) is 0 Å². The molecule has 1 fully saturated rings. The first-order valence-corrected chi connectivity index (χ1v) is 6.92. The highest BCUT2D eigenvalue weighted by Crippen LogP contribution is 2.28. The predicted molar refractivity (Wildman–Crippen MR) is 73.6 cm³/mol. The van der Waals surface area contributed by atoms with Crippen LogP contribution in [0.25, 0.3) is 0 Å². The van der Waals surface area contributed by atoms with E-state index in [9.17, 15) is 13.2 Å². The summed E-state index contributed by atoms with van der Waals surface area (Å²) in [4.78, 5) is 3.44. The third-order valence-corrected chi connectivity index (χ3v) is 3.83. The average Bonchev–Trinajstić information content (AvgIpc) is 2.38. The molecule has 0 aliphatic carbocycles. The molecule has 3 nitrogen and oxygen atoms in total. The fraction of sp³-hybridized carbons (Fsp3) is 0.462. The Morgan fingerprint density at radius 3 is 2.35 bits per heavy atom. The minimum Gasteiger partial charge on any atom is -0.368 e. The van der Waals surface area contributed by atoms with Gasteiger partial charge in [-0.25, -0.2) is 0 Å². The van der Waals surface area contributed by atoms with Crippen LogP contribution in [0.3, 0.4) is 0 Å². The molecule has 1 aromatic carbocycles. The highest BCUT2D eigenvalue weighted by Gasteiger charge is 2.32. The lowest BCUT2D eigenvalue weighted by molar-refractivity contribution is -0.146. The molecule has 7 heteroatoms. The van der Waals surface area contributed by atoms with Gasteiger partial charge in [0.2, 0.25) is 0 Å². The van der Waals surface area contributed by atoms with Gasteiger partial charge in [0.1, 0.15) is 0 Å². The second-order valence-electron chi connectivity index (χ2n) is 4.66. The van der Waals surface area contributed by atoms with Gasteiger partial charge in [-0.2, -0.15) is 18.4 Å². The summed E-state index contributed by atoms with van der Waals surface area (Å²) >= 11 is 3.40. The maximum atomic E-state index is 12.3. The molecule has 1 aliphatic rings. The van der Waals surface area contributed by atoms with Crippen LogP contribution in [0.5, 0.6) is 0 Å². The van der Waals surface area contributed by atoms with E-state index in [2.05, 4.69) is 15.9 Å². The van der Waals surface area contributed by atoms with Crippen molar-refractivity contribution in [3.8, 4) is 6.07 Å². The number of rotatable bonds is 2. The van der Waals surface area contributed by atoms with Gasteiger partial charge in [0.25, 0.3) is 0 Å². The Kier molecular flexibility index (Phi) is 4.55. The first-order chi connectivity index (χ1) is 9.39. The number of halogens is 4. The van der Waals surface area contributed by atoms with E-state index < -0.39 is 12.7 Å². The molecule has 0 bridgehead atoms. The fourth-order valence-corrected chi connectivity index (χ4v) is 2.86. The Morgan fingerprint density at radius 2 is 1.85 bits per heavy atom. The lowest BCUT2D eigenvalue weighted by Crippen LogP contribution is -2.49. The van der Waals surface area contributed by atoms with Crippen molar-refractivity contribution in [2.75, 3.05) is 37.6 Å². The Morgan fingerprint density at radius 1 is 1.20 bits per heavy atom. The molecule has 1 aromatic rings. The monoisotopic (exact) mass is 347 g/mol. The van der Waals surface area contributed by atoms with Crippen molar-refractivity contribution in [2.24, 2.45) is 0 Å². The molecule has 1 saturated heterocycles. The second-order valence-corrected chi connectivity index (χ2v) is 5.51. The minimum absolute atomic E-state index is 0.381. The van der Waals surface area contributed by atoms with Crippen LogP contribution in [-0.4, -0.2) is 43.8 Å². The molecule has 0 N–H and O–H groups in total. The largest absolute Gasteiger partial charge is 0.401 e. The van der Waals surface area contributed by atoms with Gasteiger partial charge in [0, 0.05) is 30.7 Å². The maximum absolute atomic E-state index is 12.3. The number of nitrogens with zero attached hydrogens (tertiary/aromatic N) is 3. The van der Waals surface area contributed by atoms with E-state index in [0.29, 0.717) is 31.7 Å². The number of alkyl halides is 3. The van der Waals surface area contributed by atoms with Crippen LogP contribution >= 0.6 is 15.9 Å². The first kappa shape index (κ1) is 15.1. The van der Waals surface area contributed by atoms with E-state index in [-0.39, 0.29) is 0 Å². The highest BCUT2D eigenvalue weighted by molar-refractivity contribution is 9.10. The molecular formula is C13H13BrF3N3. The van der Waals surface area contributed by atoms with Crippen molar-refractivity contribution < 1.29 is 13.2 Å². The van der Waals surface area contributed by atoms with Crippen molar-refractivity contribution in [1.29, 1.82) is 5.26 Å². The summed E-state index contributed by atoms with van der Waals surface area (Å²) in [7, 11) is 0. The Balaban J connectivity index is 1.99. The summed E-state index contributed by atoms with van der Waals surface area (Å²) in [6.45, 7) is 0.994. The zero-order chi connectivity index (χ0) is 14.8. The summed E-state index contributed by atoms with van der Waals surface area (Å²) in [5.41, 5.74) is 1.46. The van der Waals surface area contributed by atoms with E-state index >= 15 is 0 Å². The van der Waals surface area contributed by atoms with Gasteiger partial charge >= 0.3 is 6.18 Å². The number of nitriles is 1. The molecule has 20 heavy (non-hydrogen) atoms. The molecule has 1 aliphatic heterocycles. The minimum atomic E-state index is -4.14. The van der Waals surface area contributed by atoms with Gasteiger partial charge < -0.3 is 4.90 Å². The normalized spacial score (nSPS) is 17.1. The number of hydrogen-bond donors (Lipinski definition) is 0. The summed E-state index contributed by atoms with van der Waals surface area (Å²) in [5, 5.41) is 8.81. The summed E-state index contributed by atoms with van der Waals surface area (Å²) < 4.78 is 37.7. The second kappa shape index (κ2) is 6.02. The molecule has 0 unspecified atom stereocenters. The lowest BCUT2D eigenvalue weighted by Gasteiger charge is -2.36. The quantitative estimate of drug-likeness (QED) is 0.823. The zero-order valence-corrected chi connectivity index (χ0v) is 12.2. The van der Waals surface area contributed by atoms with Gasteiger partial charge in [-0.05, 0) is 34.1 Å². The SMILES string of the molecule is N#Cc1ccc(N2CCN(CC(F)(F)F)CC2)c(Br)c1. The number of hydrogen-bond acceptors (Lipinski definition) is 3. The number of anilines is 1. The van der Waals surface area contributed by atoms with Crippen LogP contribution in [0.1, 0.15) is 5.56 Å². The Labute approximate surface area is 123 Å². The van der Waals surface area contributed by atoms with Gasteiger partial charge in [0.05, 0.1) is 23.9 Å². The van der Waals surface area contributed by atoms with Crippen LogP contribution in [0.15, 0.2) is 22.7 Å². The lowest BCUT2D eigenvalue weighted by atomic mass is 10.2. The molecule has 0 aromatic heterocycles. The van der Waals surface area contributed by atoms with Gasteiger partial charge in [0.15, 0.2) is 0 Å². The number of benzene rings is 1. The Hall–Kier alpha value is -1.26. The van der Waals surface area contributed by atoms with E-state index in [0.717, 1.165) is 10.2 Å². The number of piperazine rings is 1. The molecule has 2 rings (SSSR count). The molecule has 108 valence electrons. The average molecular weight is 348 g/mol. The molecular weight excluding hydrogens is 335 g/mol. The molecule has 0 atom stereocenters. The highest BCUT2D eigenvalue weighted by atomic mass is 79.9. The Bertz CT molecular complexity index is 517. The van der Waals surface area contributed by atoms with E-state index in [1.165, 1.54) is 4.90 Å². The molecule has 0 spiro atoms. The third-order valence-electron chi connectivity index (χ3n) is 3.19. The van der Waals surface area contributed by atoms with E-state index in [4.69, 9.17) is 5.26 Å². The zero-order valence-electron chi connectivity index (χ0n) is 10.6. The van der Waals surface area contributed by atoms with Crippen LogP contribution in [0.2, 0.25) is 0 Å². The van der Waals surface area contributed by atoms with E-state index in [1.807, 2.05) is 17.0 Å². The van der Waals surface area contributed by atoms with Gasteiger partial charge in [-0.15, -0.1) is 0 Å². The smallest absolute Gasteiger partial charge is 0.368 e.